The number of benzene rings is 3. The van der Waals surface area contributed by atoms with Crippen LogP contribution in [0.4, 0.5) is 0 Å². The van der Waals surface area contributed by atoms with Crippen LogP contribution >= 0.6 is 0 Å². The molecule has 1 saturated heterocycles. The van der Waals surface area contributed by atoms with Crippen LogP contribution in [0.5, 0.6) is 5.75 Å². The molecule has 1 aliphatic carbocycles. The van der Waals surface area contributed by atoms with Gasteiger partial charge in [0, 0.05) is 44.5 Å². The summed E-state index contributed by atoms with van der Waals surface area (Å²) < 4.78 is 11.7. The highest BCUT2D eigenvalue weighted by molar-refractivity contribution is 5.98. The number of ether oxygens (including phenoxy) is 2. The molecule has 204 valence electrons. The van der Waals surface area contributed by atoms with E-state index in [1.165, 1.54) is 13.8 Å². The second kappa shape index (κ2) is 10.5. The van der Waals surface area contributed by atoms with Crippen molar-refractivity contribution in [3.05, 3.63) is 77.9 Å². The van der Waals surface area contributed by atoms with Gasteiger partial charge in [0.2, 0.25) is 0 Å². The highest BCUT2D eigenvalue weighted by atomic mass is 16.6. The summed E-state index contributed by atoms with van der Waals surface area (Å²) in [5.41, 5.74) is 0.306. The molecule has 3 aromatic rings. The maximum atomic E-state index is 13.7. The zero-order valence-corrected chi connectivity index (χ0v) is 23.1. The molecule has 0 spiro atoms. The van der Waals surface area contributed by atoms with E-state index in [-0.39, 0.29) is 23.9 Å². The van der Waals surface area contributed by atoms with E-state index in [9.17, 15) is 14.4 Å². The molecule has 39 heavy (non-hydrogen) atoms. The lowest BCUT2D eigenvalue weighted by molar-refractivity contribution is -0.187. The molecule has 3 aromatic carbocycles. The van der Waals surface area contributed by atoms with Gasteiger partial charge in [-0.25, -0.2) is 0 Å². The van der Waals surface area contributed by atoms with Gasteiger partial charge in [0.1, 0.15) is 11.4 Å². The Balaban J connectivity index is 1.53. The lowest BCUT2D eigenvalue weighted by Crippen LogP contribution is -2.68. The number of piperidine rings is 1. The number of carbonyl (C=O) groups is 3. The summed E-state index contributed by atoms with van der Waals surface area (Å²) in [6, 6.07) is 21.4. The van der Waals surface area contributed by atoms with Crippen molar-refractivity contribution in [3.8, 4) is 5.75 Å². The van der Waals surface area contributed by atoms with Crippen molar-refractivity contribution in [2.24, 2.45) is 0 Å². The van der Waals surface area contributed by atoms with Gasteiger partial charge in [-0.3, -0.25) is 14.4 Å². The molecule has 7 nitrogen and oxygen atoms in total. The number of hydrogen-bond donors (Lipinski definition) is 0. The summed E-state index contributed by atoms with van der Waals surface area (Å²) in [7, 11) is 3.92. The Labute approximate surface area is 229 Å². The Kier molecular flexibility index (Phi) is 7.21. The minimum atomic E-state index is -0.760. The van der Waals surface area contributed by atoms with Crippen LogP contribution in [-0.2, 0) is 19.7 Å². The quantitative estimate of drug-likeness (QED) is 0.344. The van der Waals surface area contributed by atoms with Crippen LogP contribution in [0.3, 0.4) is 0 Å². The number of likely N-dealkylation sites (tertiary alicyclic amines) is 1. The number of likely N-dealkylation sites (N-methyl/N-ethyl adjacent to an activating group) is 1. The van der Waals surface area contributed by atoms with Gasteiger partial charge in [-0.05, 0) is 79.9 Å². The standard InChI is InChI=1S/C32H36N2O5/c1-22(35)38-29-11-7-10-27(19-29)31-16-17-33(3)21-32(31,39-23(2)36)15-14-28(20-31)34(4)30(37)26-13-12-24-8-5-6-9-25(24)18-26/h5-13,18-19,28H,14-17,20-21H2,1-4H3. The van der Waals surface area contributed by atoms with E-state index in [1.807, 2.05) is 79.7 Å². The van der Waals surface area contributed by atoms with Gasteiger partial charge in [0.25, 0.3) is 5.91 Å². The van der Waals surface area contributed by atoms with Gasteiger partial charge >= 0.3 is 11.9 Å². The highest BCUT2D eigenvalue weighted by Crippen LogP contribution is 2.54. The fraction of sp³-hybridized carbons (Fsp3) is 0.406. The maximum Gasteiger partial charge on any atom is 0.308 e. The molecule has 3 atom stereocenters. The predicted molar refractivity (Wildman–Crippen MR) is 150 cm³/mol. The van der Waals surface area contributed by atoms with Crippen LogP contribution in [0, 0.1) is 0 Å². The first-order chi connectivity index (χ1) is 18.6. The monoisotopic (exact) mass is 528 g/mol. The Bertz CT molecular complexity index is 1420. The largest absolute Gasteiger partial charge is 0.457 e. The Morgan fingerprint density at radius 1 is 0.923 bits per heavy atom. The van der Waals surface area contributed by atoms with Crippen molar-refractivity contribution in [1.29, 1.82) is 0 Å². The highest BCUT2D eigenvalue weighted by Gasteiger charge is 2.61. The van der Waals surface area contributed by atoms with E-state index in [0.29, 0.717) is 37.1 Å². The first kappa shape index (κ1) is 26.9. The normalized spacial score (nSPS) is 25.0. The third-order valence-electron chi connectivity index (χ3n) is 8.64. The number of esters is 2. The second-order valence-corrected chi connectivity index (χ2v) is 11.2. The summed E-state index contributed by atoms with van der Waals surface area (Å²) in [5.74, 6) is -0.262. The van der Waals surface area contributed by atoms with E-state index in [1.54, 1.807) is 6.07 Å². The second-order valence-electron chi connectivity index (χ2n) is 11.2. The molecule has 0 radical (unpaired) electrons. The number of nitrogens with zero attached hydrogens (tertiary/aromatic N) is 2. The van der Waals surface area contributed by atoms with Crippen LogP contribution in [0.25, 0.3) is 10.8 Å². The maximum absolute atomic E-state index is 13.7. The third kappa shape index (κ3) is 5.03. The van der Waals surface area contributed by atoms with Gasteiger partial charge < -0.3 is 19.3 Å². The van der Waals surface area contributed by atoms with Crippen LogP contribution in [0.2, 0.25) is 0 Å². The zero-order chi connectivity index (χ0) is 27.8. The smallest absolute Gasteiger partial charge is 0.308 e. The fourth-order valence-electron chi connectivity index (χ4n) is 6.81. The van der Waals surface area contributed by atoms with Gasteiger partial charge in [-0.2, -0.15) is 0 Å². The van der Waals surface area contributed by atoms with Crippen molar-refractivity contribution in [1.82, 2.24) is 9.80 Å². The van der Waals surface area contributed by atoms with Crippen LogP contribution in [0.1, 0.15) is 55.5 Å². The van der Waals surface area contributed by atoms with Crippen molar-refractivity contribution < 1.29 is 23.9 Å². The molecule has 1 amide bonds. The van der Waals surface area contributed by atoms with E-state index in [0.717, 1.165) is 29.3 Å². The zero-order valence-electron chi connectivity index (χ0n) is 23.1. The average Bonchev–Trinajstić information content (AvgIpc) is 2.91. The molecular formula is C32H36N2O5. The average molecular weight is 529 g/mol. The van der Waals surface area contributed by atoms with Gasteiger partial charge in [0.05, 0.1) is 0 Å². The molecule has 0 bridgehead atoms. The molecule has 0 aromatic heterocycles. The molecule has 1 heterocycles. The fourth-order valence-corrected chi connectivity index (χ4v) is 6.81. The Hall–Kier alpha value is -3.71. The summed E-state index contributed by atoms with van der Waals surface area (Å²) in [6.45, 7) is 4.26. The summed E-state index contributed by atoms with van der Waals surface area (Å²) in [6.07, 6.45) is 2.71. The first-order valence-corrected chi connectivity index (χ1v) is 13.6. The topological polar surface area (TPSA) is 76.2 Å². The number of fused-ring (bicyclic) bond motifs is 2. The molecular weight excluding hydrogens is 492 g/mol. The van der Waals surface area contributed by atoms with E-state index in [2.05, 4.69) is 4.90 Å². The molecule has 1 saturated carbocycles. The Morgan fingerprint density at radius 2 is 1.69 bits per heavy atom. The minimum absolute atomic E-state index is 0.0255. The molecule has 5 rings (SSSR count). The lowest BCUT2D eigenvalue weighted by atomic mass is 9.55. The minimum Gasteiger partial charge on any atom is -0.457 e. The van der Waals surface area contributed by atoms with Crippen LogP contribution in [0.15, 0.2) is 66.7 Å². The van der Waals surface area contributed by atoms with Gasteiger partial charge in [-0.15, -0.1) is 0 Å². The number of hydrogen-bond acceptors (Lipinski definition) is 6. The van der Waals surface area contributed by atoms with Crippen molar-refractivity contribution in [2.75, 3.05) is 27.2 Å². The summed E-state index contributed by atoms with van der Waals surface area (Å²) in [4.78, 5) is 42.0. The number of amides is 1. The van der Waals surface area contributed by atoms with Gasteiger partial charge in [0.15, 0.2) is 0 Å². The SMILES string of the molecule is CC(=O)Oc1cccc(C23CCN(C)CC2(OC(C)=O)CCC(N(C)C(=O)c2ccc4ccccc4c2)C3)c1. The van der Waals surface area contributed by atoms with Crippen molar-refractivity contribution in [3.63, 3.8) is 0 Å². The predicted octanol–water partition coefficient (Wildman–Crippen LogP) is 4.97. The molecule has 1 aliphatic heterocycles. The number of carbonyl (C=O) groups excluding carboxylic acids is 3. The molecule has 2 fully saturated rings. The molecule has 3 unspecified atom stereocenters. The van der Waals surface area contributed by atoms with Crippen LogP contribution < -0.4 is 4.74 Å². The first-order valence-electron chi connectivity index (χ1n) is 13.6. The Morgan fingerprint density at radius 3 is 2.44 bits per heavy atom. The van der Waals surface area contributed by atoms with Crippen LogP contribution in [-0.4, -0.2) is 66.5 Å². The third-order valence-corrected chi connectivity index (χ3v) is 8.64. The van der Waals surface area contributed by atoms with E-state index < -0.39 is 11.0 Å². The van der Waals surface area contributed by atoms with Crippen molar-refractivity contribution in [2.45, 2.75) is 56.6 Å². The number of rotatable bonds is 5. The van der Waals surface area contributed by atoms with E-state index in [4.69, 9.17) is 9.47 Å². The van der Waals surface area contributed by atoms with Gasteiger partial charge in [-0.1, -0.05) is 42.5 Å². The molecule has 7 heteroatoms. The lowest BCUT2D eigenvalue weighted by Gasteiger charge is -2.59. The molecule has 2 aliphatic rings. The summed E-state index contributed by atoms with van der Waals surface area (Å²) in [5, 5.41) is 2.13. The van der Waals surface area contributed by atoms with Crippen molar-refractivity contribution >= 4 is 28.6 Å². The summed E-state index contributed by atoms with van der Waals surface area (Å²) >= 11 is 0. The molecule has 0 N–H and O–H groups in total. The van der Waals surface area contributed by atoms with E-state index >= 15 is 0 Å².